The molecule has 0 aliphatic heterocycles. The number of aromatic nitrogens is 2. The fraction of sp³-hybridized carbons (Fsp3) is 0.615. The Balaban J connectivity index is 2.13. The molecule has 1 amide bonds. The number of alkyl carbamates (subject to hydrolysis) is 1. The van der Waals surface area contributed by atoms with Crippen LogP contribution in [0.2, 0.25) is 0 Å². The van der Waals surface area contributed by atoms with Crippen molar-refractivity contribution in [2.75, 3.05) is 0 Å². The molecule has 3 N–H and O–H groups in total. The molecule has 0 spiro atoms. The van der Waals surface area contributed by atoms with Gasteiger partial charge in [-0.05, 0) is 46.1 Å². The summed E-state index contributed by atoms with van der Waals surface area (Å²) in [6, 6.07) is 1.46. The van der Waals surface area contributed by atoms with E-state index in [1.54, 1.807) is 20.8 Å². The molecule has 1 aliphatic carbocycles. The molecule has 1 aliphatic rings. The highest BCUT2D eigenvalue weighted by atomic mass is 16.6. The van der Waals surface area contributed by atoms with E-state index in [2.05, 4.69) is 15.5 Å². The molecular formula is C13H19N3O4. The first-order valence-corrected chi connectivity index (χ1v) is 6.52. The first-order valence-electron chi connectivity index (χ1n) is 6.52. The maximum atomic E-state index is 11.9. The lowest BCUT2D eigenvalue weighted by atomic mass is 9.74. The van der Waals surface area contributed by atoms with Gasteiger partial charge in [0.2, 0.25) is 0 Å². The van der Waals surface area contributed by atoms with Gasteiger partial charge in [-0.3, -0.25) is 5.10 Å². The molecule has 1 aromatic heterocycles. The van der Waals surface area contributed by atoms with Crippen LogP contribution < -0.4 is 5.32 Å². The van der Waals surface area contributed by atoms with Crippen LogP contribution >= 0.6 is 0 Å². The topological polar surface area (TPSA) is 104 Å². The number of hydrogen-bond donors (Lipinski definition) is 3. The van der Waals surface area contributed by atoms with Crippen LogP contribution in [0.25, 0.3) is 0 Å². The first kappa shape index (κ1) is 14.4. The molecular weight excluding hydrogens is 262 g/mol. The van der Waals surface area contributed by atoms with Gasteiger partial charge in [0.25, 0.3) is 0 Å². The average molecular weight is 281 g/mol. The first-order chi connectivity index (χ1) is 9.22. The van der Waals surface area contributed by atoms with Crippen molar-refractivity contribution in [3.05, 3.63) is 17.5 Å². The molecule has 1 fully saturated rings. The standard InChI is InChI=1S/C13H19N3O4/c1-12(2,3)20-11(19)14-13(5-4-6-13)9-7-8(10(17)18)15-16-9/h7H,4-6H2,1-3H3,(H,14,19)(H,15,16)(H,17,18). The molecule has 0 bridgehead atoms. The smallest absolute Gasteiger partial charge is 0.408 e. The number of ether oxygens (including phenoxy) is 1. The molecule has 7 nitrogen and oxygen atoms in total. The lowest BCUT2D eigenvalue weighted by Crippen LogP contribution is -2.52. The number of carboxylic acid groups (broad SMARTS) is 1. The van der Waals surface area contributed by atoms with Gasteiger partial charge >= 0.3 is 12.1 Å². The second-order valence-electron chi connectivity index (χ2n) is 6.03. The maximum Gasteiger partial charge on any atom is 0.408 e. The summed E-state index contributed by atoms with van der Waals surface area (Å²) in [4.78, 5) is 22.8. The number of nitrogens with one attached hydrogen (secondary N) is 2. The van der Waals surface area contributed by atoms with Gasteiger partial charge in [-0.15, -0.1) is 0 Å². The molecule has 7 heteroatoms. The summed E-state index contributed by atoms with van der Waals surface area (Å²) < 4.78 is 5.24. The van der Waals surface area contributed by atoms with Crippen LogP contribution in [-0.2, 0) is 10.3 Å². The Labute approximate surface area is 116 Å². The molecule has 0 unspecified atom stereocenters. The summed E-state index contributed by atoms with van der Waals surface area (Å²) in [5, 5.41) is 18.2. The fourth-order valence-electron chi connectivity index (χ4n) is 2.17. The molecule has 1 aromatic rings. The zero-order valence-electron chi connectivity index (χ0n) is 11.8. The molecule has 110 valence electrons. The Morgan fingerprint density at radius 1 is 1.45 bits per heavy atom. The number of carbonyl (C=O) groups is 2. The number of hydrogen-bond acceptors (Lipinski definition) is 4. The van der Waals surface area contributed by atoms with Crippen molar-refractivity contribution < 1.29 is 19.4 Å². The van der Waals surface area contributed by atoms with E-state index >= 15 is 0 Å². The quantitative estimate of drug-likeness (QED) is 0.786. The molecule has 0 aromatic carbocycles. The van der Waals surface area contributed by atoms with Gasteiger partial charge in [-0.1, -0.05) is 0 Å². The molecule has 1 heterocycles. The highest BCUT2D eigenvalue weighted by molar-refractivity contribution is 5.85. The Kier molecular flexibility index (Phi) is 3.45. The van der Waals surface area contributed by atoms with Crippen LogP contribution in [0.15, 0.2) is 6.07 Å². The van der Waals surface area contributed by atoms with E-state index in [1.807, 2.05) is 0 Å². The summed E-state index contributed by atoms with van der Waals surface area (Å²) in [6.07, 6.45) is 1.90. The predicted octanol–water partition coefficient (Wildman–Crippen LogP) is 2.01. The zero-order chi connectivity index (χ0) is 15.0. The molecule has 0 atom stereocenters. The van der Waals surface area contributed by atoms with E-state index in [4.69, 9.17) is 9.84 Å². The monoisotopic (exact) mass is 281 g/mol. The Hall–Kier alpha value is -2.05. The molecule has 20 heavy (non-hydrogen) atoms. The van der Waals surface area contributed by atoms with Gasteiger partial charge in [-0.25, -0.2) is 9.59 Å². The van der Waals surface area contributed by atoms with Gasteiger partial charge < -0.3 is 15.2 Å². The lowest BCUT2D eigenvalue weighted by Gasteiger charge is -2.41. The van der Waals surface area contributed by atoms with Gasteiger partial charge in [0.1, 0.15) is 5.60 Å². The van der Waals surface area contributed by atoms with Crippen LogP contribution in [0, 0.1) is 0 Å². The van der Waals surface area contributed by atoms with Crippen LogP contribution in [0.5, 0.6) is 0 Å². The van der Waals surface area contributed by atoms with Crippen molar-refractivity contribution in [3.63, 3.8) is 0 Å². The van der Waals surface area contributed by atoms with Gasteiger partial charge in [0.15, 0.2) is 5.69 Å². The van der Waals surface area contributed by atoms with Crippen molar-refractivity contribution in [1.82, 2.24) is 15.5 Å². The number of carboxylic acids is 1. The van der Waals surface area contributed by atoms with Crippen molar-refractivity contribution in [2.24, 2.45) is 0 Å². The number of amides is 1. The predicted molar refractivity (Wildman–Crippen MR) is 70.4 cm³/mol. The van der Waals surface area contributed by atoms with E-state index in [9.17, 15) is 9.59 Å². The SMILES string of the molecule is CC(C)(C)OC(=O)NC1(c2cc(C(=O)O)n[nH]2)CCC1. The number of rotatable bonds is 3. The maximum absolute atomic E-state index is 11.9. The van der Waals surface area contributed by atoms with E-state index in [0.717, 1.165) is 19.3 Å². The highest BCUT2D eigenvalue weighted by Gasteiger charge is 2.43. The summed E-state index contributed by atoms with van der Waals surface area (Å²) in [7, 11) is 0. The van der Waals surface area contributed by atoms with Gasteiger partial charge in [0.05, 0.1) is 11.2 Å². The number of nitrogens with zero attached hydrogens (tertiary/aromatic N) is 1. The molecule has 0 radical (unpaired) electrons. The van der Waals surface area contributed by atoms with Gasteiger partial charge in [0, 0.05) is 0 Å². The summed E-state index contributed by atoms with van der Waals surface area (Å²) >= 11 is 0. The van der Waals surface area contributed by atoms with Crippen LogP contribution in [0.1, 0.15) is 56.2 Å². The third kappa shape index (κ3) is 2.92. The van der Waals surface area contributed by atoms with Crippen molar-refractivity contribution >= 4 is 12.1 Å². The van der Waals surface area contributed by atoms with E-state index in [0.29, 0.717) is 5.69 Å². The number of aromatic amines is 1. The normalized spacial score (nSPS) is 17.1. The third-order valence-corrected chi connectivity index (χ3v) is 3.26. The molecule has 2 rings (SSSR count). The minimum atomic E-state index is -1.10. The van der Waals surface area contributed by atoms with E-state index in [-0.39, 0.29) is 5.69 Å². The van der Waals surface area contributed by atoms with Crippen LogP contribution in [0.4, 0.5) is 4.79 Å². The van der Waals surface area contributed by atoms with Gasteiger partial charge in [-0.2, -0.15) is 5.10 Å². The van der Waals surface area contributed by atoms with Crippen LogP contribution in [0.3, 0.4) is 0 Å². The largest absolute Gasteiger partial charge is 0.476 e. The Morgan fingerprint density at radius 2 is 2.10 bits per heavy atom. The second-order valence-corrected chi connectivity index (χ2v) is 6.03. The summed E-state index contributed by atoms with van der Waals surface area (Å²) in [6.45, 7) is 5.37. The Morgan fingerprint density at radius 3 is 2.50 bits per heavy atom. The number of H-pyrrole nitrogens is 1. The van der Waals surface area contributed by atoms with E-state index in [1.165, 1.54) is 6.07 Å². The van der Waals surface area contributed by atoms with E-state index < -0.39 is 23.2 Å². The fourth-order valence-corrected chi connectivity index (χ4v) is 2.17. The average Bonchev–Trinajstić information content (AvgIpc) is 2.70. The second kappa shape index (κ2) is 4.81. The minimum absolute atomic E-state index is 0.0581. The molecule has 1 saturated carbocycles. The summed E-state index contributed by atoms with van der Waals surface area (Å²) in [5.41, 5.74) is -0.623. The minimum Gasteiger partial charge on any atom is -0.476 e. The zero-order valence-corrected chi connectivity index (χ0v) is 11.8. The number of aromatic carboxylic acids is 1. The van der Waals surface area contributed by atoms with Crippen molar-refractivity contribution in [3.8, 4) is 0 Å². The van der Waals surface area contributed by atoms with Crippen molar-refractivity contribution in [2.45, 2.75) is 51.2 Å². The Bertz CT molecular complexity index is 526. The lowest BCUT2D eigenvalue weighted by molar-refractivity contribution is 0.0371. The van der Waals surface area contributed by atoms with Crippen LogP contribution in [-0.4, -0.2) is 33.0 Å². The molecule has 0 saturated heterocycles. The number of carbonyl (C=O) groups excluding carboxylic acids is 1. The third-order valence-electron chi connectivity index (χ3n) is 3.26. The van der Waals surface area contributed by atoms with Crippen molar-refractivity contribution in [1.29, 1.82) is 0 Å². The summed E-state index contributed by atoms with van der Waals surface area (Å²) in [5.74, 6) is -1.10. The highest BCUT2D eigenvalue weighted by Crippen LogP contribution is 2.40.